The molecule has 1 amide bonds. The predicted molar refractivity (Wildman–Crippen MR) is 160 cm³/mol. The first-order valence-corrected chi connectivity index (χ1v) is 13.3. The topological polar surface area (TPSA) is 211 Å². The number of pyridine rings is 2. The van der Waals surface area contributed by atoms with E-state index in [4.69, 9.17) is 10.2 Å². The van der Waals surface area contributed by atoms with Crippen LogP contribution >= 0.6 is 0 Å². The van der Waals surface area contributed by atoms with Gasteiger partial charge in [0.25, 0.3) is 17.0 Å². The molecule has 3 aromatic rings. The van der Waals surface area contributed by atoms with Crippen LogP contribution in [0.25, 0.3) is 29.2 Å². The molecule has 2 aromatic carbocycles. The third-order valence-corrected chi connectivity index (χ3v) is 7.46. The molecular formula is C31H22N6O8. The third-order valence-electron chi connectivity index (χ3n) is 7.46. The number of aromatic carboxylic acids is 2. The molecule has 0 radical (unpaired) electrons. The molecule has 14 heteroatoms. The standard InChI is InChI=1S/C31H22N6O8/c1-14-20(26(38)32-24-22(14)28(40)36(34-24)18-10-6-16(7-11-18)30(42)43)4-3-5-21-15(2)23-25(33-27(21)39)35-37(29(23)41)19-12-8-17(9-13-19)31(44)45/h3-13H,1-2H3,(H,42,43)(H,44,45)(H,32,34,38)(H2,33,35,39). The van der Waals surface area contributed by atoms with Gasteiger partial charge in [0.05, 0.1) is 33.6 Å². The number of aromatic hydroxyl groups is 1. The van der Waals surface area contributed by atoms with Gasteiger partial charge in [-0.25, -0.2) is 9.59 Å². The molecule has 0 bridgehead atoms. The fourth-order valence-corrected chi connectivity index (χ4v) is 5.11. The highest BCUT2D eigenvalue weighted by Crippen LogP contribution is 2.30. The number of hydrogen-bond donors (Lipinski definition) is 5. The maximum atomic E-state index is 13.3. The van der Waals surface area contributed by atoms with E-state index in [0.717, 1.165) is 9.69 Å². The second-order valence-electron chi connectivity index (χ2n) is 10.1. The number of rotatable bonds is 6. The number of nitrogens with one attached hydrogen (secondary N) is 2. The van der Waals surface area contributed by atoms with Crippen molar-refractivity contribution in [1.29, 1.82) is 0 Å². The maximum absolute atomic E-state index is 13.3. The van der Waals surface area contributed by atoms with Gasteiger partial charge in [-0.05, 0) is 85.7 Å². The highest BCUT2D eigenvalue weighted by Gasteiger charge is 2.28. The summed E-state index contributed by atoms with van der Waals surface area (Å²) >= 11 is 0. The van der Waals surface area contributed by atoms with Crippen molar-refractivity contribution in [2.45, 2.75) is 13.8 Å². The highest BCUT2D eigenvalue weighted by atomic mass is 16.4. The van der Waals surface area contributed by atoms with Crippen LogP contribution in [0.2, 0.25) is 0 Å². The summed E-state index contributed by atoms with van der Waals surface area (Å²) in [7, 11) is 0. The van der Waals surface area contributed by atoms with Crippen molar-refractivity contribution in [2.24, 2.45) is 5.10 Å². The summed E-state index contributed by atoms with van der Waals surface area (Å²) in [5, 5.41) is 38.7. The SMILES string of the molecule is Cc1c(C=CC=c2c(C)c3c([nH]c2=O)=NN(c2ccc(C(=O)O)cc2)C3=O)c(O)[nH]c2nn(-c3ccc(C(=O)O)cc3)c(=O)c1-2. The minimum absolute atomic E-state index is 0.0433. The quantitative estimate of drug-likeness (QED) is 0.190. The van der Waals surface area contributed by atoms with E-state index in [-0.39, 0.29) is 50.2 Å². The molecule has 0 unspecified atom stereocenters. The molecule has 0 saturated carbocycles. The van der Waals surface area contributed by atoms with E-state index >= 15 is 0 Å². The minimum Gasteiger partial charge on any atom is -0.494 e. The second-order valence-corrected chi connectivity index (χ2v) is 10.1. The smallest absolute Gasteiger partial charge is 0.335 e. The summed E-state index contributed by atoms with van der Waals surface area (Å²) in [5.74, 6) is -2.89. The Morgan fingerprint density at radius 1 is 0.822 bits per heavy atom. The van der Waals surface area contributed by atoms with Crippen molar-refractivity contribution >= 4 is 35.7 Å². The molecule has 0 aliphatic carbocycles. The monoisotopic (exact) mass is 606 g/mol. The van der Waals surface area contributed by atoms with Crippen molar-refractivity contribution in [3.05, 3.63) is 119 Å². The zero-order valence-electron chi connectivity index (χ0n) is 23.5. The zero-order valence-corrected chi connectivity index (χ0v) is 23.5. The molecule has 1 aromatic heterocycles. The van der Waals surface area contributed by atoms with Crippen LogP contribution in [0.4, 0.5) is 5.69 Å². The van der Waals surface area contributed by atoms with E-state index in [1.165, 1.54) is 66.8 Å². The Bertz CT molecular complexity index is 2310. The number of anilines is 1. The number of allylic oxidation sites excluding steroid dienone is 1. The normalized spacial score (nSPS) is 13.1. The van der Waals surface area contributed by atoms with Gasteiger partial charge in [-0.1, -0.05) is 6.08 Å². The number of amides is 1. The van der Waals surface area contributed by atoms with E-state index in [1.54, 1.807) is 13.8 Å². The highest BCUT2D eigenvalue weighted by molar-refractivity contribution is 6.08. The Labute approximate surface area is 251 Å². The van der Waals surface area contributed by atoms with Crippen LogP contribution in [0.15, 0.2) is 69.3 Å². The molecule has 0 saturated heterocycles. The Hall–Kier alpha value is -6.57. The molecule has 224 valence electrons. The van der Waals surface area contributed by atoms with E-state index in [1.807, 2.05) is 0 Å². The van der Waals surface area contributed by atoms with Crippen LogP contribution < -0.4 is 26.8 Å². The number of nitrogens with zero attached hydrogens (tertiary/aromatic N) is 4. The number of carbonyl (C=O) groups excluding carboxylic acids is 1. The Morgan fingerprint density at radius 3 is 2.02 bits per heavy atom. The number of carboxylic acid groups (broad SMARTS) is 2. The first-order valence-electron chi connectivity index (χ1n) is 13.3. The van der Waals surface area contributed by atoms with Gasteiger partial charge in [0, 0.05) is 10.8 Å². The van der Waals surface area contributed by atoms with Gasteiger partial charge in [0.2, 0.25) is 0 Å². The van der Waals surface area contributed by atoms with Gasteiger partial charge in [0.1, 0.15) is 0 Å². The molecular weight excluding hydrogens is 584 g/mol. The maximum Gasteiger partial charge on any atom is 0.335 e. The van der Waals surface area contributed by atoms with Crippen molar-refractivity contribution in [3.63, 3.8) is 0 Å². The van der Waals surface area contributed by atoms with Gasteiger partial charge < -0.3 is 25.3 Å². The molecule has 3 aliphatic heterocycles. The largest absolute Gasteiger partial charge is 0.494 e. The van der Waals surface area contributed by atoms with Gasteiger partial charge in [-0.2, -0.15) is 9.69 Å². The first-order chi connectivity index (χ1) is 21.5. The van der Waals surface area contributed by atoms with E-state index in [9.17, 15) is 29.1 Å². The number of carboxylic acids is 2. The molecule has 4 heterocycles. The third kappa shape index (κ3) is 4.75. The molecule has 6 rings (SSSR count). The Balaban J connectivity index is 1.35. The predicted octanol–water partition coefficient (Wildman–Crippen LogP) is 1.76. The molecule has 0 spiro atoms. The minimum atomic E-state index is -1.11. The van der Waals surface area contributed by atoms with E-state index in [2.05, 4.69) is 20.2 Å². The lowest BCUT2D eigenvalue weighted by Gasteiger charge is -2.12. The summed E-state index contributed by atoms with van der Waals surface area (Å²) in [4.78, 5) is 67.1. The van der Waals surface area contributed by atoms with Gasteiger partial charge in [-0.15, -0.1) is 10.2 Å². The van der Waals surface area contributed by atoms with Gasteiger partial charge in [-0.3, -0.25) is 14.4 Å². The zero-order chi connectivity index (χ0) is 32.2. The van der Waals surface area contributed by atoms with Gasteiger partial charge >= 0.3 is 11.9 Å². The average molecular weight is 607 g/mol. The number of H-pyrrole nitrogens is 2. The average Bonchev–Trinajstić information content (AvgIpc) is 3.52. The second kappa shape index (κ2) is 10.6. The number of hydrogen-bond acceptors (Lipinski definition) is 8. The Morgan fingerprint density at radius 2 is 1.42 bits per heavy atom. The van der Waals surface area contributed by atoms with Crippen LogP contribution in [0.5, 0.6) is 5.88 Å². The van der Waals surface area contributed by atoms with Crippen molar-refractivity contribution in [2.75, 3.05) is 5.01 Å². The molecule has 45 heavy (non-hydrogen) atoms. The van der Waals surface area contributed by atoms with E-state index < -0.39 is 29.0 Å². The lowest BCUT2D eigenvalue weighted by molar-refractivity contribution is 0.0686. The number of aromatic amines is 2. The lowest BCUT2D eigenvalue weighted by Crippen LogP contribution is -2.38. The molecule has 0 fully saturated rings. The first kappa shape index (κ1) is 28.5. The summed E-state index contributed by atoms with van der Waals surface area (Å²) in [6.07, 6.45) is 4.44. The fraction of sp³-hybridized carbons (Fsp3) is 0.0645. The number of aromatic nitrogens is 4. The number of carbonyl (C=O) groups is 3. The fourth-order valence-electron chi connectivity index (χ4n) is 5.11. The lowest BCUT2D eigenvalue weighted by atomic mass is 10.0. The van der Waals surface area contributed by atoms with Crippen LogP contribution in [0.3, 0.4) is 0 Å². The number of fused-ring (bicyclic) bond motifs is 2. The molecule has 0 atom stereocenters. The van der Waals surface area contributed by atoms with Crippen molar-refractivity contribution < 1.29 is 29.7 Å². The summed E-state index contributed by atoms with van der Waals surface area (Å²) < 4.78 is 1.10. The molecule has 3 aliphatic rings. The van der Waals surface area contributed by atoms with Gasteiger partial charge in [0.15, 0.2) is 17.2 Å². The van der Waals surface area contributed by atoms with E-state index in [0.29, 0.717) is 22.5 Å². The van der Waals surface area contributed by atoms with Crippen LogP contribution in [-0.4, -0.2) is 52.9 Å². The van der Waals surface area contributed by atoms with Crippen LogP contribution in [0.1, 0.15) is 47.8 Å². The molecule has 5 N–H and O–H groups in total. The molecule has 14 nitrogen and oxygen atoms in total. The summed E-state index contributed by atoms with van der Waals surface area (Å²) in [6.45, 7) is 3.23. The summed E-state index contributed by atoms with van der Waals surface area (Å²) in [6, 6.07) is 11.2. The van der Waals surface area contributed by atoms with Crippen LogP contribution in [0, 0.1) is 13.8 Å². The number of benzene rings is 2. The van der Waals surface area contributed by atoms with Crippen LogP contribution in [-0.2, 0) is 0 Å². The summed E-state index contributed by atoms with van der Waals surface area (Å²) in [5.41, 5.74) is 1.20. The van der Waals surface area contributed by atoms with Crippen molar-refractivity contribution in [1.82, 2.24) is 19.7 Å². The Kier molecular flexibility index (Phi) is 6.73. The van der Waals surface area contributed by atoms with Crippen molar-refractivity contribution in [3.8, 4) is 23.0 Å².